The van der Waals surface area contributed by atoms with Gasteiger partial charge in [-0.3, -0.25) is 9.36 Å². The van der Waals surface area contributed by atoms with Crippen LogP contribution in [0.1, 0.15) is 36.6 Å². The quantitative estimate of drug-likeness (QED) is 0.162. The van der Waals surface area contributed by atoms with E-state index in [1.165, 1.54) is 36.3 Å². The third-order valence-electron chi connectivity index (χ3n) is 6.93. The number of benzene rings is 3. The third kappa shape index (κ3) is 6.97. The number of carbonyl (C=O) groups is 1. The average molecular weight is 748 g/mol. The van der Waals surface area contributed by atoms with Gasteiger partial charge in [0.05, 0.1) is 53.6 Å². The lowest BCUT2D eigenvalue weighted by atomic mass is 9.97. The molecule has 1 aliphatic rings. The highest BCUT2D eigenvalue weighted by atomic mass is 79.9. The summed E-state index contributed by atoms with van der Waals surface area (Å²) in [7, 11) is 2.82. The molecule has 0 saturated carbocycles. The van der Waals surface area contributed by atoms with Crippen molar-refractivity contribution < 1.29 is 28.5 Å². The van der Waals surface area contributed by atoms with Gasteiger partial charge < -0.3 is 23.7 Å². The van der Waals surface area contributed by atoms with Crippen molar-refractivity contribution in [3.63, 3.8) is 0 Å². The average Bonchev–Trinajstić information content (AvgIpc) is 3.36. The number of thiazole rings is 1. The van der Waals surface area contributed by atoms with Crippen molar-refractivity contribution in [2.75, 3.05) is 27.4 Å². The molecule has 13 heteroatoms. The maximum atomic E-state index is 14.2. The zero-order valence-corrected chi connectivity index (χ0v) is 29.2. The first-order valence-electron chi connectivity index (χ1n) is 14.1. The Balaban J connectivity index is 1.64. The van der Waals surface area contributed by atoms with Crippen molar-refractivity contribution in [1.82, 2.24) is 4.57 Å². The van der Waals surface area contributed by atoms with Gasteiger partial charge in [-0.15, -0.1) is 0 Å². The first-order valence-corrected chi connectivity index (χ1v) is 16.5. The molecule has 0 fully saturated rings. The van der Waals surface area contributed by atoms with E-state index in [1.807, 2.05) is 26.0 Å². The van der Waals surface area contributed by atoms with Crippen LogP contribution in [-0.4, -0.2) is 38.0 Å². The molecular weight excluding hydrogens is 719 g/mol. The summed E-state index contributed by atoms with van der Waals surface area (Å²) in [6.45, 7) is 4.76. The fourth-order valence-corrected chi connectivity index (χ4v) is 6.65. The molecule has 1 aromatic heterocycles. The van der Waals surface area contributed by atoms with Gasteiger partial charge in [0.25, 0.3) is 5.56 Å². The van der Waals surface area contributed by atoms with E-state index in [4.69, 9.17) is 46.9 Å². The number of esters is 1. The molecule has 9 nitrogen and oxygen atoms in total. The molecule has 46 heavy (non-hydrogen) atoms. The highest BCUT2D eigenvalue weighted by molar-refractivity contribution is 9.10. The highest BCUT2D eigenvalue weighted by Gasteiger charge is 2.31. The predicted octanol–water partition coefficient (Wildman–Crippen LogP) is 6.47. The fourth-order valence-electron chi connectivity index (χ4n) is 4.92. The molecule has 2 heterocycles. The molecule has 0 aliphatic carbocycles. The van der Waals surface area contributed by atoms with Crippen LogP contribution in [0.25, 0.3) is 6.08 Å². The van der Waals surface area contributed by atoms with Crippen molar-refractivity contribution in [3.05, 3.63) is 111 Å². The van der Waals surface area contributed by atoms with E-state index in [1.54, 1.807) is 42.5 Å². The Hall–Kier alpha value is -3.77. The van der Waals surface area contributed by atoms with Gasteiger partial charge in [0.2, 0.25) is 0 Å². The van der Waals surface area contributed by atoms with Gasteiger partial charge in [0.1, 0.15) is 6.61 Å². The first-order chi connectivity index (χ1) is 22.2. The summed E-state index contributed by atoms with van der Waals surface area (Å²) in [5.41, 5.74) is 1.84. The number of methoxy groups -OCH3 is 2. The molecule has 0 spiro atoms. The van der Waals surface area contributed by atoms with Gasteiger partial charge in [-0.1, -0.05) is 62.6 Å². The van der Waals surface area contributed by atoms with Crippen LogP contribution >= 0.6 is 50.5 Å². The van der Waals surface area contributed by atoms with E-state index in [9.17, 15) is 9.59 Å². The largest absolute Gasteiger partial charge is 0.493 e. The molecular formula is C33H29BrCl2N2O7S. The summed E-state index contributed by atoms with van der Waals surface area (Å²) in [6, 6.07) is 13.3. The summed E-state index contributed by atoms with van der Waals surface area (Å²) >= 11 is 17.0. The van der Waals surface area contributed by atoms with Crippen LogP contribution < -0.4 is 33.8 Å². The number of carbonyl (C=O) groups excluding carboxylic acids is 1. The molecule has 0 unspecified atom stereocenters. The highest BCUT2D eigenvalue weighted by Crippen LogP contribution is 2.37. The number of ether oxygens (including phenoxy) is 5. The van der Waals surface area contributed by atoms with Crippen molar-refractivity contribution in [3.8, 4) is 23.0 Å². The monoisotopic (exact) mass is 746 g/mol. The molecule has 0 amide bonds. The van der Waals surface area contributed by atoms with E-state index >= 15 is 0 Å². The minimum absolute atomic E-state index is 0.166. The number of fused-ring (bicyclic) bond motifs is 1. The summed E-state index contributed by atoms with van der Waals surface area (Å²) < 4.78 is 31.1. The van der Waals surface area contributed by atoms with E-state index < -0.39 is 12.0 Å². The standard InChI is InChI=1S/C33H29BrCl2N2O7S/c1-5-43-25-10-8-19(13-26(25)44-6-2)29-22(32(40)42-4)16-37-33-38(29)31(39)28(46-33)14-20-12-21(34)15-27(41-3)30(20)45-17-18-7-9-23(35)24(36)11-18/h7-16,29H,5-6,17H2,1-4H3/b28-14+/t29-/m1/s1. The Morgan fingerprint density at radius 1 is 0.978 bits per heavy atom. The minimum Gasteiger partial charge on any atom is -0.493 e. The Bertz CT molecular complexity index is 2010. The van der Waals surface area contributed by atoms with Gasteiger partial charge in [-0.25, -0.2) is 9.79 Å². The molecule has 1 aliphatic heterocycles. The summed E-state index contributed by atoms with van der Waals surface area (Å²) in [4.78, 5) is 32.0. The number of hydrogen-bond acceptors (Lipinski definition) is 9. The van der Waals surface area contributed by atoms with Crippen molar-refractivity contribution >= 4 is 62.5 Å². The van der Waals surface area contributed by atoms with Gasteiger partial charge >= 0.3 is 5.97 Å². The molecule has 4 aromatic rings. The predicted molar refractivity (Wildman–Crippen MR) is 181 cm³/mol. The summed E-state index contributed by atoms with van der Waals surface area (Å²) in [5.74, 6) is 1.32. The molecule has 0 N–H and O–H groups in total. The molecule has 240 valence electrons. The van der Waals surface area contributed by atoms with Crippen molar-refractivity contribution in [2.24, 2.45) is 4.99 Å². The van der Waals surface area contributed by atoms with E-state index in [-0.39, 0.29) is 17.7 Å². The van der Waals surface area contributed by atoms with E-state index in [0.717, 1.165) is 5.56 Å². The second-order valence-corrected chi connectivity index (χ2v) is 12.6. The zero-order valence-electron chi connectivity index (χ0n) is 25.3. The Labute approximate surface area is 287 Å². The number of hydrogen-bond donors (Lipinski definition) is 0. The van der Waals surface area contributed by atoms with Crippen molar-refractivity contribution in [2.45, 2.75) is 26.5 Å². The second kappa shape index (κ2) is 14.8. The maximum Gasteiger partial charge on any atom is 0.337 e. The third-order valence-corrected chi connectivity index (χ3v) is 9.12. The SMILES string of the molecule is CCOc1ccc([C@@H]2C(C(=O)OC)=CN=c3s/c(=C/c4cc(Br)cc(OC)c4OCc4ccc(Cl)c(Cl)c4)c(=O)n32)cc1OCC. The Kier molecular flexibility index (Phi) is 10.8. The molecule has 0 radical (unpaired) electrons. The lowest BCUT2D eigenvalue weighted by Gasteiger charge is -2.23. The summed E-state index contributed by atoms with van der Waals surface area (Å²) in [6.07, 6.45) is 3.15. The van der Waals surface area contributed by atoms with Gasteiger partial charge in [0, 0.05) is 16.2 Å². The molecule has 5 rings (SSSR count). The molecule has 0 bridgehead atoms. The van der Waals surface area contributed by atoms with E-state index in [0.29, 0.717) is 71.2 Å². The first kappa shape index (κ1) is 33.6. The zero-order chi connectivity index (χ0) is 33.0. The van der Waals surface area contributed by atoms with E-state index in [2.05, 4.69) is 20.9 Å². The lowest BCUT2D eigenvalue weighted by Crippen LogP contribution is -2.39. The van der Waals surface area contributed by atoms with Crippen LogP contribution in [-0.2, 0) is 16.1 Å². The van der Waals surface area contributed by atoms with Crippen LogP contribution in [0, 0.1) is 0 Å². The topological polar surface area (TPSA) is 97.6 Å². The molecule has 3 aromatic carbocycles. The van der Waals surface area contributed by atoms with Crippen LogP contribution in [0.4, 0.5) is 0 Å². The normalized spacial score (nSPS) is 14.2. The number of halogens is 3. The number of rotatable bonds is 11. The lowest BCUT2D eigenvalue weighted by molar-refractivity contribution is -0.136. The van der Waals surface area contributed by atoms with Crippen LogP contribution in [0.2, 0.25) is 10.0 Å². The Morgan fingerprint density at radius 3 is 2.43 bits per heavy atom. The van der Waals surface area contributed by atoms with Crippen molar-refractivity contribution in [1.29, 1.82) is 0 Å². The fraction of sp³-hybridized carbons (Fsp3) is 0.242. The maximum absolute atomic E-state index is 14.2. The van der Waals surface area contributed by atoms with Crippen LogP contribution in [0.3, 0.4) is 0 Å². The second-order valence-electron chi connectivity index (χ2n) is 9.81. The van der Waals surface area contributed by atoms with Crippen LogP contribution in [0.15, 0.2) is 74.6 Å². The van der Waals surface area contributed by atoms with Gasteiger partial charge in [-0.05, 0) is 67.4 Å². The number of nitrogens with zero attached hydrogens (tertiary/aromatic N) is 2. The molecule has 1 atom stereocenters. The van der Waals surface area contributed by atoms with Gasteiger partial charge in [-0.2, -0.15) is 0 Å². The smallest absolute Gasteiger partial charge is 0.337 e. The summed E-state index contributed by atoms with van der Waals surface area (Å²) in [5, 5.41) is 0.851. The van der Waals surface area contributed by atoms with Crippen LogP contribution in [0.5, 0.6) is 23.0 Å². The minimum atomic E-state index is -0.830. The molecule has 0 saturated heterocycles. The van der Waals surface area contributed by atoms with Gasteiger partial charge in [0.15, 0.2) is 27.8 Å². The Morgan fingerprint density at radius 2 is 1.74 bits per heavy atom. The number of aromatic nitrogens is 1.